The lowest BCUT2D eigenvalue weighted by atomic mass is 10.1. The maximum atomic E-state index is 13.0. The number of ether oxygens (including phenoxy) is 1. The molecular formula is C22H20Cl2N2O2. The minimum atomic E-state index is -0.557. The van der Waals surface area contributed by atoms with Crippen molar-refractivity contribution in [1.29, 1.82) is 0 Å². The van der Waals surface area contributed by atoms with Crippen molar-refractivity contribution in [3.05, 3.63) is 94.0 Å². The maximum Gasteiger partial charge on any atom is 0.246 e. The van der Waals surface area contributed by atoms with Gasteiger partial charge in [0.05, 0.1) is 12.1 Å². The molecule has 0 radical (unpaired) electrons. The number of anilines is 1. The fourth-order valence-electron chi connectivity index (χ4n) is 2.82. The van der Waals surface area contributed by atoms with Crippen molar-refractivity contribution in [2.45, 2.75) is 12.6 Å². The highest BCUT2D eigenvalue weighted by Gasteiger charge is 2.21. The van der Waals surface area contributed by atoms with Gasteiger partial charge in [0.25, 0.3) is 0 Å². The third kappa shape index (κ3) is 5.04. The number of hydrogen-bond acceptors (Lipinski definition) is 3. The Morgan fingerprint density at radius 1 is 0.964 bits per heavy atom. The Labute approximate surface area is 174 Å². The van der Waals surface area contributed by atoms with E-state index >= 15 is 0 Å². The molecule has 0 fully saturated rings. The molecule has 6 heteroatoms. The number of hydrogen-bond donors (Lipinski definition) is 2. The molecule has 0 heterocycles. The van der Waals surface area contributed by atoms with Crippen LogP contribution < -0.4 is 15.4 Å². The van der Waals surface area contributed by atoms with Crippen LogP contribution in [0.1, 0.15) is 17.2 Å². The summed E-state index contributed by atoms with van der Waals surface area (Å²) in [6, 6.07) is 21.6. The second-order valence-electron chi connectivity index (χ2n) is 6.15. The van der Waals surface area contributed by atoms with Crippen molar-refractivity contribution in [3.63, 3.8) is 0 Å². The molecule has 0 spiro atoms. The van der Waals surface area contributed by atoms with Crippen LogP contribution in [0.15, 0.2) is 72.8 Å². The Bertz CT molecular complexity index is 948. The van der Waals surface area contributed by atoms with Crippen LogP contribution in [0, 0.1) is 0 Å². The van der Waals surface area contributed by atoms with Crippen LogP contribution in [0.4, 0.5) is 5.69 Å². The summed E-state index contributed by atoms with van der Waals surface area (Å²) in [5.41, 5.74) is 2.37. The second kappa shape index (κ2) is 9.60. The Hall–Kier alpha value is -2.53. The van der Waals surface area contributed by atoms with Crippen molar-refractivity contribution in [1.82, 2.24) is 5.32 Å². The van der Waals surface area contributed by atoms with Crippen molar-refractivity contribution < 1.29 is 9.53 Å². The predicted molar refractivity (Wildman–Crippen MR) is 114 cm³/mol. The third-order valence-electron chi connectivity index (χ3n) is 4.27. The number of halogens is 2. The van der Waals surface area contributed by atoms with Crippen LogP contribution in [0.25, 0.3) is 0 Å². The number of carbonyl (C=O) groups excluding carboxylic acids is 1. The molecule has 0 aliphatic heterocycles. The van der Waals surface area contributed by atoms with Crippen LogP contribution in [0.5, 0.6) is 5.75 Å². The van der Waals surface area contributed by atoms with Gasteiger partial charge < -0.3 is 10.1 Å². The van der Waals surface area contributed by atoms with E-state index in [0.717, 1.165) is 11.1 Å². The zero-order chi connectivity index (χ0) is 19.9. The molecule has 0 aliphatic rings. The van der Waals surface area contributed by atoms with Crippen molar-refractivity contribution >= 4 is 34.8 Å². The quantitative estimate of drug-likeness (QED) is 0.538. The highest BCUT2D eigenvalue weighted by Crippen LogP contribution is 2.28. The first-order valence-corrected chi connectivity index (χ1v) is 9.50. The normalized spacial score (nSPS) is 11.7. The van der Waals surface area contributed by atoms with Gasteiger partial charge >= 0.3 is 0 Å². The topological polar surface area (TPSA) is 50.4 Å². The van der Waals surface area contributed by atoms with E-state index < -0.39 is 6.04 Å². The standard InChI is InChI=1S/C22H20Cl2N2O2/c1-28-20-12-11-17(13-19(20)24)26-22(27)21(15-7-3-2-4-8-15)25-14-16-9-5-6-10-18(16)23/h2-13,21,25H,14H2,1H3,(H,26,27). The SMILES string of the molecule is COc1ccc(NC(=O)C(NCc2ccccc2Cl)c2ccccc2)cc1Cl. The van der Waals surface area contributed by atoms with Crippen LogP contribution in [0.3, 0.4) is 0 Å². The van der Waals surface area contributed by atoms with E-state index in [1.54, 1.807) is 25.3 Å². The number of carbonyl (C=O) groups is 1. The maximum absolute atomic E-state index is 13.0. The van der Waals surface area contributed by atoms with Gasteiger partial charge in [-0.3, -0.25) is 10.1 Å². The molecule has 3 aromatic carbocycles. The molecule has 144 valence electrons. The number of amides is 1. The van der Waals surface area contributed by atoms with Crippen LogP contribution in [-0.2, 0) is 11.3 Å². The number of benzene rings is 3. The number of nitrogens with one attached hydrogen (secondary N) is 2. The molecule has 28 heavy (non-hydrogen) atoms. The summed E-state index contributed by atoms with van der Waals surface area (Å²) in [6.07, 6.45) is 0. The minimum Gasteiger partial charge on any atom is -0.495 e. The lowest BCUT2D eigenvalue weighted by Gasteiger charge is -2.20. The third-order valence-corrected chi connectivity index (χ3v) is 4.93. The Kier molecular flexibility index (Phi) is 6.93. The van der Waals surface area contributed by atoms with Gasteiger partial charge in [0.2, 0.25) is 5.91 Å². The first-order chi connectivity index (χ1) is 13.6. The average molecular weight is 415 g/mol. The summed E-state index contributed by atoms with van der Waals surface area (Å²) in [5.74, 6) is 0.357. The highest BCUT2D eigenvalue weighted by molar-refractivity contribution is 6.32. The zero-order valence-electron chi connectivity index (χ0n) is 15.3. The van der Waals surface area contributed by atoms with Gasteiger partial charge in [0, 0.05) is 17.3 Å². The zero-order valence-corrected chi connectivity index (χ0v) is 16.8. The highest BCUT2D eigenvalue weighted by atomic mass is 35.5. The summed E-state index contributed by atoms with van der Waals surface area (Å²) in [5, 5.41) is 7.29. The van der Waals surface area contributed by atoms with Gasteiger partial charge in [-0.25, -0.2) is 0 Å². The molecule has 0 aliphatic carbocycles. The summed E-state index contributed by atoms with van der Waals surface area (Å²) >= 11 is 12.4. The second-order valence-corrected chi connectivity index (χ2v) is 6.97. The van der Waals surface area contributed by atoms with Gasteiger partial charge in [0.15, 0.2) is 0 Å². The molecule has 1 unspecified atom stereocenters. The average Bonchev–Trinajstić information content (AvgIpc) is 2.70. The van der Waals surface area contributed by atoms with Crippen molar-refractivity contribution in [3.8, 4) is 5.75 Å². The van der Waals surface area contributed by atoms with E-state index in [1.807, 2.05) is 54.6 Å². The van der Waals surface area contributed by atoms with Crippen LogP contribution in [0.2, 0.25) is 10.0 Å². The smallest absolute Gasteiger partial charge is 0.246 e. The van der Waals surface area contributed by atoms with Crippen LogP contribution in [-0.4, -0.2) is 13.0 Å². The van der Waals surface area contributed by atoms with Gasteiger partial charge in [-0.1, -0.05) is 71.7 Å². The first kappa shape index (κ1) is 20.2. The largest absolute Gasteiger partial charge is 0.495 e. The molecule has 3 rings (SSSR count). The Morgan fingerprint density at radius 2 is 1.68 bits per heavy atom. The van der Waals surface area contributed by atoms with E-state index in [2.05, 4.69) is 10.6 Å². The van der Waals surface area contributed by atoms with Crippen molar-refractivity contribution in [2.75, 3.05) is 12.4 Å². The molecule has 0 saturated heterocycles. The summed E-state index contributed by atoms with van der Waals surface area (Å²) in [7, 11) is 1.55. The predicted octanol–water partition coefficient (Wildman–Crippen LogP) is 5.47. The molecule has 0 aromatic heterocycles. The molecule has 3 aromatic rings. The van der Waals surface area contributed by atoms with E-state index in [1.165, 1.54) is 0 Å². The fraction of sp³-hybridized carbons (Fsp3) is 0.136. The van der Waals surface area contributed by atoms with Gasteiger partial charge in [-0.15, -0.1) is 0 Å². The molecular weight excluding hydrogens is 395 g/mol. The van der Waals surface area contributed by atoms with Crippen molar-refractivity contribution in [2.24, 2.45) is 0 Å². The molecule has 2 N–H and O–H groups in total. The van der Waals surface area contributed by atoms with Crippen LogP contribution >= 0.6 is 23.2 Å². The van der Waals surface area contributed by atoms with Gasteiger partial charge in [-0.2, -0.15) is 0 Å². The lowest BCUT2D eigenvalue weighted by Crippen LogP contribution is -2.32. The first-order valence-electron chi connectivity index (χ1n) is 8.74. The Balaban J connectivity index is 1.79. The Morgan fingerprint density at radius 3 is 2.36 bits per heavy atom. The molecule has 1 atom stereocenters. The lowest BCUT2D eigenvalue weighted by molar-refractivity contribution is -0.118. The van der Waals surface area contributed by atoms with E-state index in [0.29, 0.717) is 28.0 Å². The summed E-state index contributed by atoms with van der Waals surface area (Å²) in [6.45, 7) is 0.454. The summed E-state index contributed by atoms with van der Waals surface area (Å²) < 4.78 is 5.15. The van der Waals surface area contributed by atoms with E-state index in [-0.39, 0.29) is 5.91 Å². The molecule has 0 bridgehead atoms. The molecule has 1 amide bonds. The van der Waals surface area contributed by atoms with E-state index in [4.69, 9.17) is 27.9 Å². The van der Waals surface area contributed by atoms with Gasteiger partial charge in [-0.05, 0) is 35.4 Å². The van der Waals surface area contributed by atoms with E-state index in [9.17, 15) is 4.79 Å². The summed E-state index contributed by atoms with van der Waals surface area (Å²) in [4.78, 5) is 13.0. The minimum absolute atomic E-state index is 0.195. The van der Waals surface area contributed by atoms with Gasteiger partial charge in [0.1, 0.15) is 11.8 Å². The fourth-order valence-corrected chi connectivity index (χ4v) is 3.28. The molecule has 0 saturated carbocycles. The monoisotopic (exact) mass is 414 g/mol. The number of methoxy groups -OCH3 is 1. The molecule has 4 nitrogen and oxygen atoms in total. The number of rotatable bonds is 7.